The first-order valence-electron chi connectivity index (χ1n) is 4.46. The molecule has 0 saturated carbocycles. The van der Waals surface area contributed by atoms with Crippen LogP contribution >= 0.6 is 11.6 Å². The molecule has 0 amide bonds. The minimum Gasteiger partial charge on any atom is -0.388 e. The Kier molecular flexibility index (Phi) is 4.20. The first kappa shape index (κ1) is 11.9. The van der Waals surface area contributed by atoms with E-state index in [2.05, 4.69) is 5.32 Å². The van der Waals surface area contributed by atoms with Gasteiger partial charge in [0.05, 0.1) is 0 Å². The Hall–Kier alpha value is -2.17. The number of nitrogens with one attached hydrogen (secondary N) is 1. The van der Waals surface area contributed by atoms with Crippen LogP contribution in [0, 0.1) is 22.7 Å². The molecule has 5 heteroatoms. The van der Waals surface area contributed by atoms with Gasteiger partial charge < -0.3 is 11.1 Å². The summed E-state index contributed by atoms with van der Waals surface area (Å²) in [5, 5.41) is 20.6. The molecule has 0 aliphatic heterocycles. The Morgan fingerprint density at radius 3 is 2.56 bits per heavy atom. The molecular weight excluding hydrogens is 224 g/mol. The van der Waals surface area contributed by atoms with Crippen molar-refractivity contribution in [2.45, 2.75) is 6.54 Å². The molecule has 0 heterocycles. The third kappa shape index (κ3) is 2.91. The highest BCUT2D eigenvalue weighted by Crippen LogP contribution is 2.14. The lowest BCUT2D eigenvalue weighted by Crippen LogP contribution is -2.16. The average Bonchev–Trinajstić information content (AvgIpc) is 2.31. The minimum absolute atomic E-state index is 0.0578. The number of rotatable bonds is 3. The Bertz CT molecular complexity index is 493. The van der Waals surface area contributed by atoms with E-state index in [0.717, 1.165) is 5.56 Å². The van der Waals surface area contributed by atoms with Crippen LogP contribution in [0.4, 0.5) is 0 Å². The molecule has 0 atom stereocenters. The molecule has 0 bridgehead atoms. The van der Waals surface area contributed by atoms with E-state index < -0.39 is 0 Å². The van der Waals surface area contributed by atoms with Gasteiger partial charge in [0.25, 0.3) is 0 Å². The quantitative estimate of drug-likeness (QED) is 0.776. The van der Waals surface area contributed by atoms with Gasteiger partial charge in [0.1, 0.15) is 23.5 Å². The Morgan fingerprint density at radius 2 is 2.00 bits per heavy atom. The predicted molar refractivity (Wildman–Crippen MR) is 60.7 cm³/mol. The van der Waals surface area contributed by atoms with Crippen molar-refractivity contribution in [3.63, 3.8) is 0 Å². The second-order valence-corrected chi connectivity index (χ2v) is 3.36. The summed E-state index contributed by atoms with van der Waals surface area (Å²) in [4.78, 5) is 0. The van der Waals surface area contributed by atoms with Crippen molar-refractivity contribution in [3.8, 4) is 12.1 Å². The molecule has 0 fully saturated rings. The predicted octanol–water partition coefficient (Wildman–Crippen LogP) is 1.65. The lowest BCUT2D eigenvalue weighted by Gasteiger charge is -2.06. The van der Waals surface area contributed by atoms with Gasteiger partial charge in [-0.25, -0.2) is 0 Å². The first-order chi connectivity index (χ1) is 7.69. The normalized spacial score (nSPS) is 10.9. The van der Waals surface area contributed by atoms with Crippen LogP contribution in [0.5, 0.6) is 0 Å². The van der Waals surface area contributed by atoms with E-state index in [1.165, 1.54) is 0 Å². The van der Waals surface area contributed by atoms with E-state index >= 15 is 0 Å². The molecule has 0 radical (unpaired) electrons. The summed E-state index contributed by atoms with van der Waals surface area (Å²) < 4.78 is 0. The zero-order valence-electron chi connectivity index (χ0n) is 8.37. The van der Waals surface area contributed by atoms with E-state index in [9.17, 15) is 0 Å². The number of halogens is 1. The summed E-state index contributed by atoms with van der Waals surface area (Å²) in [7, 11) is 0. The fraction of sp³-hybridized carbons (Fsp3) is 0.0909. The molecule has 16 heavy (non-hydrogen) atoms. The van der Waals surface area contributed by atoms with Crippen molar-refractivity contribution in [3.05, 3.63) is 46.2 Å². The third-order valence-electron chi connectivity index (χ3n) is 1.92. The van der Waals surface area contributed by atoms with Gasteiger partial charge in [0.15, 0.2) is 0 Å². The summed E-state index contributed by atoms with van der Waals surface area (Å²) in [5.41, 5.74) is 6.09. The largest absolute Gasteiger partial charge is 0.388 e. The molecule has 3 N–H and O–H groups in total. The fourth-order valence-corrected chi connectivity index (χ4v) is 1.28. The topological polar surface area (TPSA) is 85.6 Å². The van der Waals surface area contributed by atoms with Crippen LogP contribution in [0.25, 0.3) is 0 Å². The summed E-state index contributed by atoms with van der Waals surface area (Å²) in [6.07, 6.45) is 0. The first-order valence-corrected chi connectivity index (χ1v) is 4.84. The van der Waals surface area contributed by atoms with Crippen LogP contribution in [0.3, 0.4) is 0 Å². The molecule has 1 rings (SSSR count). The number of hydrogen-bond donors (Lipinski definition) is 2. The van der Waals surface area contributed by atoms with E-state index in [1.807, 2.05) is 24.3 Å². The summed E-state index contributed by atoms with van der Waals surface area (Å²) in [6.45, 7) is 0.352. The minimum atomic E-state index is -0.130. The Balaban J connectivity index is 2.77. The molecule has 1 aromatic carbocycles. The SMILES string of the molecule is N#CC(N)=C(C#N)NCc1ccccc1Cl. The summed E-state index contributed by atoms with van der Waals surface area (Å²) >= 11 is 5.93. The van der Waals surface area contributed by atoms with Crippen LogP contribution in [0.2, 0.25) is 5.02 Å². The molecule has 0 aromatic heterocycles. The fourth-order valence-electron chi connectivity index (χ4n) is 1.08. The molecule has 0 spiro atoms. The number of hydrogen-bond acceptors (Lipinski definition) is 4. The number of benzene rings is 1. The van der Waals surface area contributed by atoms with Crippen molar-refractivity contribution in [1.29, 1.82) is 10.5 Å². The van der Waals surface area contributed by atoms with Crippen LogP contribution in [0.1, 0.15) is 5.56 Å². The number of nitrogens with zero attached hydrogens (tertiary/aromatic N) is 2. The van der Waals surface area contributed by atoms with Crippen LogP contribution in [-0.4, -0.2) is 0 Å². The van der Waals surface area contributed by atoms with Gasteiger partial charge in [-0.05, 0) is 11.6 Å². The Labute approximate surface area is 98.5 Å². The van der Waals surface area contributed by atoms with Gasteiger partial charge in [-0.1, -0.05) is 29.8 Å². The maximum absolute atomic E-state index is 8.74. The zero-order valence-corrected chi connectivity index (χ0v) is 9.12. The van der Waals surface area contributed by atoms with E-state index in [-0.39, 0.29) is 11.4 Å². The summed E-state index contributed by atoms with van der Waals surface area (Å²) in [5.74, 6) is 0. The Morgan fingerprint density at radius 1 is 1.31 bits per heavy atom. The van der Waals surface area contributed by atoms with Crippen molar-refractivity contribution in [2.75, 3.05) is 0 Å². The van der Waals surface area contributed by atoms with Crippen molar-refractivity contribution in [1.82, 2.24) is 5.32 Å². The average molecular weight is 233 g/mol. The van der Waals surface area contributed by atoms with Crippen LogP contribution < -0.4 is 11.1 Å². The van der Waals surface area contributed by atoms with Crippen molar-refractivity contribution in [2.24, 2.45) is 5.73 Å². The lowest BCUT2D eigenvalue weighted by molar-refractivity contribution is 0.827. The van der Waals surface area contributed by atoms with E-state index in [0.29, 0.717) is 11.6 Å². The van der Waals surface area contributed by atoms with Gasteiger partial charge >= 0.3 is 0 Å². The highest BCUT2D eigenvalue weighted by molar-refractivity contribution is 6.31. The van der Waals surface area contributed by atoms with Crippen molar-refractivity contribution >= 4 is 11.6 Å². The lowest BCUT2D eigenvalue weighted by atomic mass is 10.2. The highest BCUT2D eigenvalue weighted by atomic mass is 35.5. The van der Waals surface area contributed by atoms with Crippen molar-refractivity contribution < 1.29 is 0 Å². The second-order valence-electron chi connectivity index (χ2n) is 2.96. The van der Waals surface area contributed by atoms with E-state index in [4.69, 9.17) is 27.9 Å². The molecule has 4 nitrogen and oxygen atoms in total. The molecule has 0 unspecified atom stereocenters. The molecule has 0 aliphatic rings. The maximum Gasteiger partial charge on any atom is 0.148 e. The second kappa shape index (κ2) is 5.65. The van der Waals surface area contributed by atoms with E-state index in [1.54, 1.807) is 12.1 Å². The molecule has 0 aliphatic carbocycles. The number of nitriles is 2. The molecule has 0 saturated heterocycles. The van der Waals surface area contributed by atoms with Gasteiger partial charge in [-0.3, -0.25) is 0 Å². The zero-order chi connectivity index (χ0) is 12.0. The van der Waals surface area contributed by atoms with Gasteiger partial charge in [0.2, 0.25) is 0 Å². The monoisotopic (exact) mass is 232 g/mol. The smallest absolute Gasteiger partial charge is 0.148 e. The van der Waals surface area contributed by atoms with Crippen LogP contribution in [-0.2, 0) is 6.54 Å². The number of nitrogens with two attached hydrogens (primary N) is 1. The molecule has 1 aromatic rings. The summed E-state index contributed by atoms with van der Waals surface area (Å²) in [6, 6.07) is 10.8. The maximum atomic E-state index is 8.74. The van der Waals surface area contributed by atoms with Gasteiger partial charge in [-0.15, -0.1) is 0 Å². The van der Waals surface area contributed by atoms with Gasteiger partial charge in [-0.2, -0.15) is 10.5 Å². The molecular formula is C11H9ClN4. The third-order valence-corrected chi connectivity index (χ3v) is 2.28. The number of allylic oxidation sites excluding steroid dienone is 2. The standard InChI is InChI=1S/C11H9ClN4/c12-9-4-2-1-3-8(9)7-16-11(6-14)10(15)5-13/h1-4,16H,7,15H2. The van der Waals surface area contributed by atoms with Gasteiger partial charge in [0, 0.05) is 11.6 Å². The molecule has 80 valence electrons. The highest BCUT2D eigenvalue weighted by Gasteiger charge is 2.03. The van der Waals surface area contributed by atoms with Crippen LogP contribution in [0.15, 0.2) is 35.7 Å².